The first-order valence-electron chi connectivity index (χ1n) is 10.7. The molecular formula is C26H19ClN4O3. The zero-order valence-corrected chi connectivity index (χ0v) is 18.7. The summed E-state index contributed by atoms with van der Waals surface area (Å²) in [4.78, 5) is 48.0. The van der Waals surface area contributed by atoms with Gasteiger partial charge in [-0.15, -0.1) is 0 Å². The van der Waals surface area contributed by atoms with Crippen LogP contribution in [0, 0.1) is 0 Å². The first kappa shape index (κ1) is 21.7. The van der Waals surface area contributed by atoms with Crippen molar-refractivity contribution < 1.29 is 14.4 Å². The van der Waals surface area contributed by atoms with Crippen molar-refractivity contribution in [1.82, 2.24) is 10.2 Å². The summed E-state index contributed by atoms with van der Waals surface area (Å²) in [6, 6.07) is 21.7. The number of rotatable bonds is 5. The number of hydrogen-bond donors (Lipinski definition) is 1. The number of Topliss-reactive ketones (excluding diaryl/α,β-unsaturated/α-hetero) is 1. The predicted octanol–water partition coefficient (Wildman–Crippen LogP) is 3.68. The summed E-state index contributed by atoms with van der Waals surface area (Å²) in [5, 5.41) is 3.55. The van der Waals surface area contributed by atoms with Crippen molar-refractivity contribution >= 4 is 46.4 Å². The van der Waals surface area contributed by atoms with Crippen molar-refractivity contribution in [2.45, 2.75) is 0 Å². The molecule has 0 aromatic heterocycles. The third kappa shape index (κ3) is 4.02. The largest absolute Gasteiger partial charge is 0.365 e. The molecular weight excluding hydrogens is 452 g/mol. The highest BCUT2D eigenvalue weighted by molar-refractivity contribution is 6.36. The molecule has 8 heteroatoms. The number of fused-ring (bicyclic) bond motifs is 2. The number of amidine groups is 1. The second kappa shape index (κ2) is 9.03. The molecule has 1 N–H and O–H groups in total. The number of carbonyl (C=O) groups is 3. The average Bonchev–Trinajstić information content (AvgIpc) is 2.99. The highest BCUT2D eigenvalue weighted by atomic mass is 35.5. The van der Waals surface area contributed by atoms with Crippen molar-refractivity contribution in [3.8, 4) is 0 Å². The Labute approximate surface area is 200 Å². The Hall–Kier alpha value is -4.10. The number of hydrogen-bond acceptors (Lipinski definition) is 6. The molecule has 0 fully saturated rings. The molecule has 0 bridgehead atoms. The molecule has 2 aliphatic heterocycles. The van der Waals surface area contributed by atoms with Crippen LogP contribution < -0.4 is 5.32 Å². The summed E-state index contributed by atoms with van der Waals surface area (Å²) in [6.07, 6.45) is 0. The van der Waals surface area contributed by atoms with Crippen LogP contribution in [0.2, 0.25) is 5.02 Å². The van der Waals surface area contributed by atoms with Crippen LogP contribution in [0.3, 0.4) is 0 Å². The van der Waals surface area contributed by atoms with Crippen LogP contribution in [0.25, 0.3) is 0 Å². The van der Waals surface area contributed by atoms with E-state index in [-0.39, 0.29) is 25.4 Å². The van der Waals surface area contributed by atoms with Crippen LogP contribution in [0.15, 0.2) is 82.8 Å². The van der Waals surface area contributed by atoms with Gasteiger partial charge in [0.2, 0.25) is 0 Å². The number of aliphatic imine (C=N–C) groups is 2. The Bertz CT molecular complexity index is 1350. The van der Waals surface area contributed by atoms with E-state index in [0.29, 0.717) is 27.7 Å². The van der Waals surface area contributed by atoms with E-state index in [9.17, 15) is 14.4 Å². The van der Waals surface area contributed by atoms with E-state index >= 15 is 0 Å². The van der Waals surface area contributed by atoms with Crippen molar-refractivity contribution in [2.24, 2.45) is 9.98 Å². The molecule has 0 atom stereocenters. The lowest BCUT2D eigenvalue weighted by atomic mass is 10.0. The van der Waals surface area contributed by atoms with Gasteiger partial charge in [0.05, 0.1) is 47.2 Å². The van der Waals surface area contributed by atoms with E-state index in [0.717, 1.165) is 21.7 Å². The quantitative estimate of drug-likeness (QED) is 0.576. The molecule has 0 saturated heterocycles. The second-order valence-corrected chi connectivity index (χ2v) is 8.26. The lowest BCUT2D eigenvalue weighted by Crippen LogP contribution is -2.40. The van der Waals surface area contributed by atoms with Crippen molar-refractivity contribution in [1.29, 1.82) is 0 Å². The number of benzene rings is 3. The molecule has 0 radical (unpaired) electrons. The molecule has 34 heavy (non-hydrogen) atoms. The third-order valence-corrected chi connectivity index (χ3v) is 5.94. The summed E-state index contributed by atoms with van der Waals surface area (Å²) in [7, 11) is 0. The SMILES string of the molecule is O=C(CNC1=Nc2cccc(Cl)c2C(c2ccccc2)=NC1)CN1C(=O)c2ccccc2C1=O. The minimum absolute atomic E-state index is 0.0989. The van der Waals surface area contributed by atoms with Crippen molar-refractivity contribution in [2.75, 3.05) is 19.6 Å². The number of ketones is 1. The fraction of sp³-hybridized carbons (Fsp3) is 0.115. The summed E-state index contributed by atoms with van der Waals surface area (Å²) in [6.45, 7) is -0.193. The first-order valence-corrected chi connectivity index (χ1v) is 11.1. The van der Waals surface area contributed by atoms with Gasteiger partial charge < -0.3 is 5.32 Å². The molecule has 0 unspecified atom stereocenters. The van der Waals surface area contributed by atoms with Crippen LogP contribution in [0.4, 0.5) is 5.69 Å². The fourth-order valence-electron chi connectivity index (χ4n) is 4.00. The molecule has 0 spiro atoms. The van der Waals surface area contributed by atoms with Crippen LogP contribution >= 0.6 is 11.6 Å². The third-order valence-electron chi connectivity index (χ3n) is 5.62. The maximum Gasteiger partial charge on any atom is 0.261 e. The highest BCUT2D eigenvalue weighted by Gasteiger charge is 2.36. The van der Waals surface area contributed by atoms with Crippen LogP contribution in [-0.4, -0.2) is 53.7 Å². The molecule has 2 aliphatic rings. The lowest BCUT2D eigenvalue weighted by Gasteiger charge is -2.13. The van der Waals surface area contributed by atoms with Gasteiger partial charge in [-0.2, -0.15) is 0 Å². The maximum atomic E-state index is 12.6. The Balaban J connectivity index is 1.32. The van der Waals surface area contributed by atoms with Gasteiger partial charge in [-0.3, -0.25) is 24.3 Å². The molecule has 5 rings (SSSR count). The molecule has 2 amide bonds. The number of nitrogens with zero attached hydrogens (tertiary/aromatic N) is 3. The van der Waals surface area contributed by atoms with Gasteiger partial charge in [-0.1, -0.05) is 60.1 Å². The molecule has 7 nitrogen and oxygen atoms in total. The van der Waals surface area contributed by atoms with Gasteiger partial charge in [0, 0.05) is 11.1 Å². The molecule has 168 valence electrons. The minimum atomic E-state index is -0.457. The Morgan fingerprint density at radius 1 is 0.912 bits per heavy atom. The fourth-order valence-corrected chi connectivity index (χ4v) is 4.26. The number of halogens is 1. The standard InChI is InChI=1S/C26H19ClN4O3/c27-20-11-6-12-21-23(20)24(16-7-2-1-3-8-16)29-14-22(30-21)28-13-17(32)15-31-25(33)18-9-4-5-10-19(18)26(31)34/h1-12H,13-15H2,(H,28,30). The summed E-state index contributed by atoms with van der Waals surface area (Å²) in [5.74, 6) is -0.743. The normalized spacial score (nSPS) is 14.7. The zero-order valence-electron chi connectivity index (χ0n) is 18.0. The highest BCUT2D eigenvalue weighted by Crippen LogP contribution is 2.31. The van der Waals surface area contributed by atoms with Crippen molar-refractivity contribution in [3.63, 3.8) is 0 Å². The maximum absolute atomic E-state index is 12.6. The van der Waals surface area contributed by atoms with Gasteiger partial charge in [-0.05, 0) is 24.3 Å². The van der Waals surface area contributed by atoms with Gasteiger partial charge in [0.1, 0.15) is 5.84 Å². The number of imide groups is 1. The van der Waals surface area contributed by atoms with Crippen LogP contribution in [0.1, 0.15) is 31.8 Å². The minimum Gasteiger partial charge on any atom is -0.365 e. The molecule has 3 aromatic rings. The Morgan fingerprint density at radius 2 is 1.59 bits per heavy atom. The number of amides is 2. The van der Waals surface area contributed by atoms with Gasteiger partial charge in [0.25, 0.3) is 11.8 Å². The summed E-state index contributed by atoms with van der Waals surface area (Å²) < 4.78 is 0. The predicted molar refractivity (Wildman–Crippen MR) is 130 cm³/mol. The van der Waals surface area contributed by atoms with Gasteiger partial charge >= 0.3 is 0 Å². The first-order chi connectivity index (χ1) is 16.5. The van der Waals surface area contributed by atoms with Gasteiger partial charge in [0.15, 0.2) is 5.78 Å². The Morgan fingerprint density at radius 3 is 2.29 bits per heavy atom. The second-order valence-electron chi connectivity index (χ2n) is 7.86. The summed E-state index contributed by atoms with van der Waals surface area (Å²) >= 11 is 6.50. The average molecular weight is 471 g/mol. The van der Waals surface area contributed by atoms with Gasteiger partial charge in [-0.25, -0.2) is 4.99 Å². The lowest BCUT2D eigenvalue weighted by molar-refractivity contribution is -0.118. The van der Waals surface area contributed by atoms with Crippen LogP contribution in [0.5, 0.6) is 0 Å². The monoisotopic (exact) mass is 470 g/mol. The smallest absolute Gasteiger partial charge is 0.261 e. The van der Waals surface area contributed by atoms with E-state index in [2.05, 4.69) is 10.3 Å². The van der Waals surface area contributed by atoms with E-state index in [1.807, 2.05) is 42.5 Å². The van der Waals surface area contributed by atoms with Crippen molar-refractivity contribution in [3.05, 3.63) is 100 Å². The number of carbonyl (C=O) groups excluding carboxylic acids is 3. The van der Waals surface area contributed by atoms with Crippen LogP contribution in [-0.2, 0) is 4.79 Å². The zero-order chi connectivity index (χ0) is 23.7. The van der Waals surface area contributed by atoms with E-state index in [1.165, 1.54) is 0 Å². The molecule has 3 aromatic carbocycles. The Kier molecular flexibility index (Phi) is 5.77. The van der Waals surface area contributed by atoms with E-state index < -0.39 is 11.8 Å². The molecule has 0 saturated carbocycles. The number of nitrogens with one attached hydrogen (secondary N) is 1. The molecule has 2 heterocycles. The topological polar surface area (TPSA) is 91.2 Å². The van der Waals surface area contributed by atoms with E-state index in [4.69, 9.17) is 16.6 Å². The summed E-state index contributed by atoms with van der Waals surface area (Å²) in [5.41, 5.74) is 3.64. The van der Waals surface area contributed by atoms with E-state index in [1.54, 1.807) is 30.3 Å². The molecule has 0 aliphatic carbocycles.